The summed E-state index contributed by atoms with van der Waals surface area (Å²) in [6, 6.07) is 3.45. The van der Waals surface area contributed by atoms with E-state index >= 15 is 0 Å². The van der Waals surface area contributed by atoms with Gasteiger partial charge in [0.25, 0.3) is 0 Å². The highest BCUT2D eigenvalue weighted by Gasteiger charge is 2.27. The first-order valence-corrected chi connectivity index (χ1v) is 9.61. The van der Waals surface area contributed by atoms with E-state index in [9.17, 15) is 9.90 Å². The number of carbonyl (C=O) groups is 1. The minimum absolute atomic E-state index is 0.129. The second-order valence-electron chi connectivity index (χ2n) is 7.68. The number of carbonyl (C=O) groups excluding carboxylic acids is 1. The third kappa shape index (κ3) is 5.47. The fraction of sp³-hybridized carbons (Fsp3) is 0.737. The van der Waals surface area contributed by atoms with Crippen molar-refractivity contribution in [2.75, 3.05) is 19.6 Å². The number of hydrogen-bond donors (Lipinski definition) is 3. The van der Waals surface area contributed by atoms with Crippen LogP contribution in [0, 0.1) is 5.92 Å². The Kier molecular flexibility index (Phi) is 6.37. The standard InChI is InChI=1S/C19H31N3O3/c1-14(11-17(23)18-7-4-10-25-18)20-19(24)21-16-8-9-22(13-16)12-15-5-2-3-6-15/h4,7,10,14-17,23H,2-3,5-6,8-9,11-13H2,1H3,(H2,20,21,24)/t14-,16-,17-/m1/s1. The number of nitrogens with one attached hydrogen (secondary N) is 2. The van der Waals surface area contributed by atoms with Gasteiger partial charge >= 0.3 is 6.03 Å². The summed E-state index contributed by atoms with van der Waals surface area (Å²) < 4.78 is 5.19. The Balaban J connectivity index is 1.34. The number of aliphatic hydroxyl groups is 1. The van der Waals surface area contributed by atoms with E-state index in [1.54, 1.807) is 18.4 Å². The van der Waals surface area contributed by atoms with E-state index in [1.807, 2.05) is 6.92 Å². The fourth-order valence-electron chi connectivity index (χ4n) is 4.12. The van der Waals surface area contributed by atoms with Gasteiger partial charge in [-0.15, -0.1) is 0 Å². The monoisotopic (exact) mass is 349 g/mol. The van der Waals surface area contributed by atoms with Crippen LogP contribution in [-0.2, 0) is 0 Å². The normalized spacial score (nSPS) is 24.3. The van der Waals surface area contributed by atoms with Crippen LogP contribution < -0.4 is 10.6 Å². The average Bonchev–Trinajstić information content (AvgIpc) is 3.29. The van der Waals surface area contributed by atoms with Gasteiger partial charge in [-0.2, -0.15) is 0 Å². The maximum atomic E-state index is 12.2. The van der Waals surface area contributed by atoms with Crippen LogP contribution in [0.25, 0.3) is 0 Å². The quantitative estimate of drug-likeness (QED) is 0.707. The highest BCUT2D eigenvalue weighted by Crippen LogP contribution is 2.26. The Morgan fingerprint density at radius 2 is 2.20 bits per heavy atom. The van der Waals surface area contributed by atoms with Crippen LogP contribution in [0.3, 0.4) is 0 Å². The Hall–Kier alpha value is -1.53. The summed E-state index contributed by atoms with van der Waals surface area (Å²) in [5.74, 6) is 1.39. The molecule has 0 radical (unpaired) electrons. The largest absolute Gasteiger partial charge is 0.467 e. The Labute approximate surface area is 150 Å². The molecule has 3 rings (SSSR count). The minimum atomic E-state index is -0.696. The van der Waals surface area contributed by atoms with Crippen LogP contribution in [0.2, 0.25) is 0 Å². The van der Waals surface area contributed by atoms with Crippen LogP contribution in [-0.4, -0.2) is 47.8 Å². The van der Waals surface area contributed by atoms with Crippen molar-refractivity contribution in [3.05, 3.63) is 24.2 Å². The van der Waals surface area contributed by atoms with Gasteiger partial charge in [0.1, 0.15) is 11.9 Å². The van der Waals surface area contributed by atoms with Crippen molar-refractivity contribution >= 4 is 6.03 Å². The molecule has 6 heteroatoms. The molecule has 1 aliphatic carbocycles. The zero-order valence-electron chi connectivity index (χ0n) is 15.1. The first-order chi connectivity index (χ1) is 12.1. The number of amides is 2. The van der Waals surface area contributed by atoms with E-state index < -0.39 is 6.10 Å². The Morgan fingerprint density at radius 1 is 1.40 bits per heavy atom. The predicted octanol–water partition coefficient (Wildman–Crippen LogP) is 2.66. The van der Waals surface area contributed by atoms with Gasteiger partial charge in [0, 0.05) is 38.1 Å². The molecule has 2 amide bonds. The van der Waals surface area contributed by atoms with Crippen molar-refractivity contribution in [1.29, 1.82) is 0 Å². The number of urea groups is 1. The molecule has 0 spiro atoms. The molecular weight excluding hydrogens is 318 g/mol. The fourth-order valence-corrected chi connectivity index (χ4v) is 4.12. The third-order valence-corrected chi connectivity index (χ3v) is 5.42. The summed E-state index contributed by atoms with van der Waals surface area (Å²) in [6.07, 6.45) is 7.78. The van der Waals surface area contributed by atoms with Crippen molar-refractivity contribution in [3.8, 4) is 0 Å². The Bertz CT molecular complexity index is 528. The Morgan fingerprint density at radius 3 is 2.92 bits per heavy atom. The zero-order chi connectivity index (χ0) is 17.6. The molecule has 0 aromatic carbocycles. The van der Waals surface area contributed by atoms with Crippen molar-refractivity contribution in [3.63, 3.8) is 0 Å². The molecule has 3 atom stereocenters. The van der Waals surface area contributed by atoms with Gasteiger partial charge in [-0.25, -0.2) is 4.79 Å². The minimum Gasteiger partial charge on any atom is -0.467 e. The summed E-state index contributed by atoms with van der Waals surface area (Å²) in [5, 5.41) is 16.1. The lowest BCUT2D eigenvalue weighted by molar-refractivity contribution is 0.129. The van der Waals surface area contributed by atoms with E-state index in [4.69, 9.17) is 4.42 Å². The lowest BCUT2D eigenvalue weighted by Crippen LogP contribution is -2.46. The molecule has 1 aromatic heterocycles. The SMILES string of the molecule is C[C@H](C[C@@H](O)c1ccco1)NC(=O)N[C@@H]1CCN(CC2CCCC2)C1. The van der Waals surface area contributed by atoms with Gasteiger partial charge < -0.3 is 25.1 Å². The highest BCUT2D eigenvalue weighted by atomic mass is 16.4. The van der Waals surface area contributed by atoms with Crippen LogP contribution in [0.1, 0.15) is 57.3 Å². The second-order valence-corrected chi connectivity index (χ2v) is 7.68. The summed E-state index contributed by atoms with van der Waals surface area (Å²) in [5.41, 5.74) is 0. The number of furan rings is 1. The van der Waals surface area contributed by atoms with Gasteiger partial charge in [0.2, 0.25) is 0 Å². The van der Waals surface area contributed by atoms with E-state index in [-0.39, 0.29) is 18.1 Å². The van der Waals surface area contributed by atoms with Gasteiger partial charge in [0.15, 0.2) is 0 Å². The number of hydrogen-bond acceptors (Lipinski definition) is 4. The van der Waals surface area contributed by atoms with Gasteiger partial charge in [0.05, 0.1) is 6.26 Å². The van der Waals surface area contributed by atoms with Crippen LogP contribution in [0.5, 0.6) is 0 Å². The summed E-state index contributed by atoms with van der Waals surface area (Å²) in [6.45, 7) is 5.11. The van der Waals surface area contributed by atoms with E-state index in [0.29, 0.717) is 12.2 Å². The second kappa shape index (κ2) is 8.72. The van der Waals surface area contributed by atoms with Crippen LogP contribution in [0.4, 0.5) is 4.79 Å². The van der Waals surface area contributed by atoms with Crippen molar-refractivity contribution in [2.45, 2.75) is 63.6 Å². The first-order valence-electron chi connectivity index (χ1n) is 9.61. The maximum absolute atomic E-state index is 12.2. The topological polar surface area (TPSA) is 77.7 Å². The molecule has 140 valence electrons. The van der Waals surface area contributed by atoms with Gasteiger partial charge in [-0.1, -0.05) is 12.8 Å². The van der Waals surface area contributed by atoms with Crippen molar-refractivity contribution in [2.24, 2.45) is 5.92 Å². The molecule has 2 aliphatic rings. The number of aliphatic hydroxyl groups excluding tert-OH is 1. The lowest BCUT2D eigenvalue weighted by atomic mass is 10.1. The van der Waals surface area contributed by atoms with Crippen molar-refractivity contribution < 1.29 is 14.3 Å². The molecular formula is C19H31N3O3. The highest BCUT2D eigenvalue weighted by molar-refractivity contribution is 5.74. The van der Waals surface area contributed by atoms with Gasteiger partial charge in [-0.05, 0) is 44.2 Å². The lowest BCUT2D eigenvalue weighted by Gasteiger charge is -2.21. The van der Waals surface area contributed by atoms with Crippen LogP contribution in [0.15, 0.2) is 22.8 Å². The molecule has 1 aromatic rings. The molecule has 0 bridgehead atoms. The molecule has 6 nitrogen and oxygen atoms in total. The van der Waals surface area contributed by atoms with Crippen LogP contribution >= 0.6 is 0 Å². The molecule has 1 saturated carbocycles. The molecule has 1 aliphatic heterocycles. The summed E-state index contributed by atoms with van der Waals surface area (Å²) in [4.78, 5) is 14.7. The number of rotatable bonds is 7. The molecule has 2 fully saturated rings. The van der Waals surface area contributed by atoms with E-state index in [2.05, 4.69) is 15.5 Å². The van der Waals surface area contributed by atoms with E-state index in [0.717, 1.165) is 25.4 Å². The number of likely N-dealkylation sites (tertiary alicyclic amines) is 1. The maximum Gasteiger partial charge on any atom is 0.315 e. The number of nitrogens with zero attached hydrogens (tertiary/aromatic N) is 1. The van der Waals surface area contributed by atoms with E-state index in [1.165, 1.54) is 32.2 Å². The summed E-state index contributed by atoms with van der Waals surface area (Å²) in [7, 11) is 0. The third-order valence-electron chi connectivity index (χ3n) is 5.42. The smallest absolute Gasteiger partial charge is 0.315 e. The predicted molar refractivity (Wildman–Crippen MR) is 96.2 cm³/mol. The van der Waals surface area contributed by atoms with Gasteiger partial charge in [-0.3, -0.25) is 0 Å². The molecule has 1 saturated heterocycles. The molecule has 2 heterocycles. The first kappa shape index (κ1) is 18.3. The zero-order valence-corrected chi connectivity index (χ0v) is 15.1. The molecule has 3 N–H and O–H groups in total. The van der Waals surface area contributed by atoms with Crippen molar-refractivity contribution in [1.82, 2.24) is 15.5 Å². The molecule has 0 unspecified atom stereocenters. The summed E-state index contributed by atoms with van der Waals surface area (Å²) >= 11 is 0. The molecule has 25 heavy (non-hydrogen) atoms. The average molecular weight is 349 g/mol.